The van der Waals surface area contributed by atoms with Crippen LogP contribution in [0.3, 0.4) is 0 Å². The fourth-order valence-electron chi connectivity index (χ4n) is 3.40. The van der Waals surface area contributed by atoms with Crippen LogP contribution < -0.4 is 5.32 Å². The average Bonchev–Trinajstić information content (AvgIpc) is 2.82. The molecule has 1 unspecified atom stereocenters. The fraction of sp³-hybridized carbons (Fsp3) is 1.00. The van der Waals surface area contributed by atoms with E-state index in [0.717, 1.165) is 6.04 Å². The van der Waals surface area contributed by atoms with Crippen molar-refractivity contribution in [1.82, 2.24) is 10.2 Å². The van der Waals surface area contributed by atoms with Crippen LogP contribution in [0.25, 0.3) is 0 Å². The topological polar surface area (TPSA) is 15.3 Å². The monoisotopic (exact) mass is 254 g/mol. The van der Waals surface area contributed by atoms with Gasteiger partial charge in [0.05, 0.1) is 0 Å². The number of hydrogen-bond donors (Lipinski definition) is 1. The second-order valence-corrected chi connectivity index (χ2v) is 6.32. The molecule has 1 N–H and O–H groups in total. The molecule has 0 aromatic heterocycles. The largest absolute Gasteiger partial charge is 0.319 e. The van der Waals surface area contributed by atoms with E-state index in [1.54, 1.807) is 0 Å². The minimum Gasteiger partial charge on any atom is -0.319 e. The van der Waals surface area contributed by atoms with Crippen LogP contribution in [0.1, 0.15) is 65.7 Å². The van der Waals surface area contributed by atoms with E-state index in [1.807, 2.05) is 0 Å². The summed E-state index contributed by atoms with van der Waals surface area (Å²) in [5.74, 6) is 0. The van der Waals surface area contributed by atoms with Gasteiger partial charge in [-0.15, -0.1) is 0 Å². The SMILES string of the molecule is CCCCN(CC1(CNC)CCCC1)C(C)CC. The lowest BCUT2D eigenvalue weighted by Crippen LogP contribution is -2.45. The molecule has 2 nitrogen and oxygen atoms in total. The van der Waals surface area contributed by atoms with E-state index in [1.165, 1.54) is 64.6 Å². The molecule has 0 heterocycles. The van der Waals surface area contributed by atoms with E-state index >= 15 is 0 Å². The third kappa shape index (κ3) is 4.55. The second-order valence-electron chi connectivity index (χ2n) is 6.32. The summed E-state index contributed by atoms with van der Waals surface area (Å²) in [6, 6.07) is 0.742. The Bertz CT molecular complexity index is 209. The summed E-state index contributed by atoms with van der Waals surface area (Å²) in [6.07, 6.45) is 9.65. The summed E-state index contributed by atoms with van der Waals surface area (Å²) in [7, 11) is 2.11. The molecule has 0 amide bonds. The molecule has 1 aliphatic carbocycles. The van der Waals surface area contributed by atoms with E-state index in [9.17, 15) is 0 Å². The molecule has 0 spiro atoms. The number of hydrogen-bond acceptors (Lipinski definition) is 2. The number of rotatable bonds is 9. The molecule has 0 bridgehead atoms. The normalized spacial score (nSPS) is 20.5. The van der Waals surface area contributed by atoms with E-state index in [2.05, 4.69) is 38.0 Å². The molecule has 1 saturated carbocycles. The summed E-state index contributed by atoms with van der Waals surface area (Å²) >= 11 is 0. The molecule has 1 fully saturated rings. The van der Waals surface area contributed by atoms with Gasteiger partial charge in [0.2, 0.25) is 0 Å². The summed E-state index contributed by atoms with van der Waals surface area (Å²) in [5, 5.41) is 3.44. The van der Waals surface area contributed by atoms with Crippen LogP contribution in [-0.2, 0) is 0 Å². The van der Waals surface area contributed by atoms with Crippen LogP contribution in [-0.4, -0.2) is 37.6 Å². The van der Waals surface area contributed by atoms with Gasteiger partial charge in [-0.3, -0.25) is 0 Å². The van der Waals surface area contributed by atoms with Gasteiger partial charge < -0.3 is 10.2 Å². The van der Waals surface area contributed by atoms with Crippen molar-refractivity contribution < 1.29 is 0 Å². The van der Waals surface area contributed by atoms with E-state index < -0.39 is 0 Å². The smallest absolute Gasteiger partial charge is 0.00645 e. The Morgan fingerprint density at radius 1 is 1.22 bits per heavy atom. The molecule has 0 aromatic rings. The van der Waals surface area contributed by atoms with Crippen LogP contribution in [0.15, 0.2) is 0 Å². The molecule has 1 rings (SSSR count). The lowest BCUT2D eigenvalue weighted by molar-refractivity contribution is 0.112. The number of unbranched alkanes of at least 4 members (excludes halogenated alkanes) is 1. The summed E-state index contributed by atoms with van der Waals surface area (Å²) in [6.45, 7) is 10.8. The molecule has 0 aromatic carbocycles. The highest BCUT2D eigenvalue weighted by Crippen LogP contribution is 2.38. The highest BCUT2D eigenvalue weighted by atomic mass is 15.2. The first kappa shape index (κ1) is 16.0. The maximum Gasteiger partial charge on any atom is 0.00645 e. The Kier molecular flexibility index (Phi) is 7.25. The molecule has 0 aliphatic heterocycles. The van der Waals surface area contributed by atoms with Crippen molar-refractivity contribution in [2.75, 3.05) is 26.7 Å². The summed E-state index contributed by atoms with van der Waals surface area (Å²) in [4.78, 5) is 2.76. The van der Waals surface area contributed by atoms with Crippen molar-refractivity contribution in [2.45, 2.75) is 71.8 Å². The van der Waals surface area contributed by atoms with Crippen LogP contribution in [0.5, 0.6) is 0 Å². The van der Waals surface area contributed by atoms with Crippen molar-refractivity contribution in [3.63, 3.8) is 0 Å². The third-order valence-corrected chi connectivity index (χ3v) is 4.77. The van der Waals surface area contributed by atoms with Gasteiger partial charge in [-0.05, 0) is 51.6 Å². The van der Waals surface area contributed by atoms with Gasteiger partial charge in [-0.2, -0.15) is 0 Å². The molecule has 18 heavy (non-hydrogen) atoms. The minimum absolute atomic E-state index is 0.561. The van der Waals surface area contributed by atoms with E-state index in [-0.39, 0.29) is 0 Å². The Morgan fingerprint density at radius 3 is 2.39 bits per heavy atom. The van der Waals surface area contributed by atoms with Crippen molar-refractivity contribution in [1.29, 1.82) is 0 Å². The Balaban J connectivity index is 2.60. The van der Waals surface area contributed by atoms with Gasteiger partial charge in [-0.1, -0.05) is 33.1 Å². The van der Waals surface area contributed by atoms with Crippen LogP contribution >= 0.6 is 0 Å². The van der Waals surface area contributed by atoms with Crippen LogP contribution in [0.2, 0.25) is 0 Å². The lowest BCUT2D eigenvalue weighted by Gasteiger charge is -2.38. The molecular weight excluding hydrogens is 220 g/mol. The molecule has 1 aliphatic rings. The molecule has 0 saturated heterocycles. The van der Waals surface area contributed by atoms with Gasteiger partial charge in [-0.25, -0.2) is 0 Å². The Labute approximate surface area is 115 Å². The quantitative estimate of drug-likeness (QED) is 0.675. The number of nitrogens with zero attached hydrogens (tertiary/aromatic N) is 1. The first-order valence-electron chi connectivity index (χ1n) is 8.06. The highest BCUT2D eigenvalue weighted by Gasteiger charge is 2.35. The first-order chi connectivity index (χ1) is 8.67. The zero-order chi connectivity index (χ0) is 13.4. The highest BCUT2D eigenvalue weighted by molar-refractivity contribution is 4.90. The molecule has 2 heteroatoms. The van der Waals surface area contributed by atoms with Gasteiger partial charge >= 0.3 is 0 Å². The first-order valence-corrected chi connectivity index (χ1v) is 8.06. The van der Waals surface area contributed by atoms with Crippen molar-refractivity contribution >= 4 is 0 Å². The second kappa shape index (κ2) is 8.16. The standard InChI is InChI=1S/C16H34N2/c1-5-7-12-18(15(3)6-2)14-16(13-17-4)10-8-9-11-16/h15,17H,5-14H2,1-4H3. The van der Waals surface area contributed by atoms with Gasteiger partial charge in [0, 0.05) is 19.1 Å². The zero-order valence-corrected chi connectivity index (χ0v) is 13.1. The van der Waals surface area contributed by atoms with Crippen LogP contribution in [0.4, 0.5) is 0 Å². The molecule has 108 valence electrons. The molecule has 0 radical (unpaired) electrons. The third-order valence-electron chi connectivity index (χ3n) is 4.77. The molecular formula is C16H34N2. The van der Waals surface area contributed by atoms with Crippen molar-refractivity contribution in [3.8, 4) is 0 Å². The van der Waals surface area contributed by atoms with Gasteiger partial charge in [0.1, 0.15) is 0 Å². The predicted octanol–water partition coefficient (Wildman–Crippen LogP) is 3.67. The predicted molar refractivity (Wildman–Crippen MR) is 81.1 cm³/mol. The van der Waals surface area contributed by atoms with Crippen molar-refractivity contribution in [2.24, 2.45) is 5.41 Å². The number of nitrogens with one attached hydrogen (secondary N) is 1. The zero-order valence-electron chi connectivity index (χ0n) is 13.1. The summed E-state index contributed by atoms with van der Waals surface area (Å²) < 4.78 is 0. The molecule has 1 atom stereocenters. The Morgan fingerprint density at radius 2 is 1.89 bits per heavy atom. The van der Waals surface area contributed by atoms with Crippen LogP contribution in [0, 0.1) is 5.41 Å². The van der Waals surface area contributed by atoms with Crippen molar-refractivity contribution in [3.05, 3.63) is 0 Å². The maximum absolute atomic E-state index is 3.44. The maximum atomic E-state index is 3.44. The lowest BCUT2D eigenvalue weighted by atomic mass is 9.85. The fourth-order valence-corrected chi connectivity index (χ4v) is 3.40. The van der Waals surface area contributed by atoms with E-state index in [0.29, 0.717) is 5.41 Å². The summed E-state index contributed by atoms with van der Waals surface area (Å²) in [5.41, 5.74) is 0.561. The van der Waals surface area contributed by atoms with Gasteiger partial charge in [0.25, 0.3) is 0 Å². The Hall–Kier alpha value is -0.0800. The van der Waals surface area contributed by atoms with E-state index in [4.69, 9.17) is 0 Å². The average molecular weight is 254 g/mol. The minimum atomic E-state index is 0.561. The van der Waals surface area contributed by atoms with Gasteiger partial charge in [0.15, 0.2) is 0 Å².